The molecule has 0 atom stereocenters. The van der Waals surface area contributed by atoms with Crippen LogP contribution in [-0.2, 0) is 4.74 Å². The van der Waals surface area contributed by atoms with Gasteiger partial charge in [0.25, 0.3) is 0 Å². The zero-order valence-electron chi connectivity index (χ0n) is 15.2. The molecular formula is C20H24ClNO4. The van der Waals surface area contributed by atoms with Crippen LogP contribution in [0, 0.1) is 0 Å². The molecule has 2 aromatic carbocycles. The minimum Gasteiger partial charge on any atom is -0.497 e. The Bertz CT molecular complexity index is 732. The minimum absolute atomic E-state index is 0.610. The average molecular weight is 378 g/mol. The van der Waals surface area contributed by atoms with Gasteiger partial charge in [-0.05, 0) is 35.9 Å². The summed E-state index contributed by atoms with van der Waals surface area (Å²) in [7, 11) is 3.29. The third-order valence-electron chi connectivity index (χ3n) is 4.37. The molecule has 1 aliphatic rings. The third kappa shape index (κ3) is 4.81. The third-order valence-corrected chi connectivity index (χ3v) is 4.60. The van der Waals surface area contributed by atoms with Crippen LogP contribution in [0.25, 0.3) is 11.1 Å². The monoisotopic (exact) mass is 377 g/mol. The van der Waals surface area contributed by atoms with E-state index in [2.05, 4.69) is 4.90 Å². The number of hydrogen-bond acceptors (Lipinski definition) is 5. The molecule has 1 saturated heterocycles. The highest BCUT2D eigenvalue weighted by molar-refractivity contribution is 6.31. The van der Waals surface area contributed by atoms with Crippen molar-refractivity contribution in [3.8, 4) is 28.4 Å². The molecule has 6 heteroatoms. The lowest BCUT2D eigenvalue weighted by Crippen LogP contribution is -2.38. The first-order valence-electron chi connectivity index (χ1n) is 8.65. The molecule has 0 radical (unpaired) electrons. The van der Waals surface area contributed by atoms with Gasteiger partial charge in [0.05, 0.1) is 27.4 Å². The van der Waals surface area contributed by atoms with Crippen LogP contribution < -0.4 is 14.2 Å². The summed E-state index contributed by atoms with van der Waals surface area (Å²) < 4.78 is 22.3. The van der Waals surface area contributed by atoms with E-state index in [9.17, 15) is 0 Å². The van der Waals surface area contributed by atoms with E-state index in [1.807, 2.05) is 36.4 Å². The number of halogens is 1. The Kier molecular flexibility index (Phi) is 6.61. The summed E-state index contributed by atoms with van der Waals surface area (Å²) in [6, 6.07) is 11.4. The molecule has 3 rings (SSSR count). The molecule has 1 heterocycles. The van der Waals surface area contributed by atoms with Crippen LogP contribution >= 0.6 is 11.6 Å². The number of benzene rings is 2. The number of nitrogens with zero attached hydrogens (tertiary/aromatic N) is 1. The quantitative estimate of drug-likeness (QED) is 0.735. The van der Waals surface area contributed by atoms with Crippen LogP contribution in [0.4, 0.5) is 0 Å². The minimum atomic E-state index is 0.610. The van der Waals surface area contributed by atoms with Crippen molar-refractivity contribution in [1.29, 1.82) is 0 Å². The van der Waals surface area contributed by atoms with Gasteiger partial charge in [-0.25, -0.2) is 0 Å². The first-order chi connectivity index (χ1) is 12.7. The lowest BCUT2D eigenvalue weighted by atomic mass is 10.0. The normalized spacial score (nSPS) is 14.9. The Morgan fingerprint density at radius 1 is 1.00 bits per heavy atom. The smallest absolute Gasteiger partial charge is 0.126 e. The Morgan fingerprint density at radius 3 is 2.50 bits per heavy atom. The maximum Gasteiger partial charge on any atom is 0.126 e. The molecule has 5 nitrogen and oxygen atoms in total. The van der Waals surface area contributed by atoms with Crippen molar-refractivity contribution in [2.75, 3.05) is 53.7 Å². The van der Waals surface area contributed by atoms with E-state index in [-0.39, 0.29) is 0 Å². The standard InChI is InChI=1S/C20H24ClNO4/c1-23-17-11-15(19-13-16(21)3-4-20(19)24-2)12-18(14-17)26-10-7-22-5-8-25-9-6-22/h3-4,11-14H,5-10H2,1-2H3. The molecule has 0 aliphatic carbocycles. The number of methoxy groups -OCH3 is 2. The van der Waals surface area contributed by atoms with Crippen molar-refractivity contribution in [3.63, 3.8) is 0 Å². The lowest BCUT2D eigenvalue weighted by molar-refractivity contribution is 0.0322. The van der Waals surface area contributed by atoms with Crippen LogP contribution in [-0.4, -0.2) is 58.6 Å². The van der Waals surface area contributed by atoms with E-state index in [0.29, 0.717) is 11.6 Å². The van der Waals surface area contributed by atoms with Gasteiger partial charge in [-0.1, -0.05) is 11.6 Å². The van der Waals surface area contributed by atoms with E-state index in [1.54, 1.807) is 14.2 Å². The van der Waals surface area contributed by atoms with Crippen molar-refractivity contribution < 1.29 is 18.9 Å². The van der Waals surface area contributed by atoms with Gasteiger partial charge in [0.15, 0.2) is 0 Å². The average Bonchev–Trinajstić information content (AvgIpc) is 2.68. The molecule has 0 spiro atoms. The first kappa shape index (κ1) is 18.8. The van der Waals surface area contributed by atoms with Crippen LogP contribution in [0.1, 0.15) is 0 Å². The topological polar surface area (TPSA) is 40.2 Å². The molecule has 140 valence electrons. The SMILES string of the molecule is COc1cc(OCCN2CCOCC2)cc(-c2cc(Cl)ccc2OC)c1. The zero-order chi connectivity index (χ0) is 18.4. The van der Waals surface area contributed by atoms with Gasteiger partial charge in [-0.2, -0.15) is 0 Å². The maximum absolute atomic E-state index is 6.17. The summed E-state index contributed by atoms with van der Waals surface area (Å²) in [6.45, 7) is 4.96. The van der Waals surface area contributed by atoms with Crippen molar-refractivity contribution in [2.24, 2.45) is 0 Å². The summed E-state index contributed by atoms with van der Waals surface area (Å²) >= 11 is 6.17. The Balaban J connectivity index is 1.77. The van der Waals surface area contributed by atoms with Gasteiger partial charge >= 0.3 is 0 Å². The van der Waals surface area contributed by atoms with Crippen molar-refractivity contribution in [2.45, 2.75) is 0 Å². The highest BCUT2D eigenvalue weighted by Crippen LogP contribution is 2.36. The van der Waals surface area contributed by atoms with E-state index in [4.69, 9.17) is 30.5 Å². The molecule has 2 aromatic rings. The van der Waals surface area contributed by atoms with Gasteiger partial charge < -0.3 is 18.9 Å². The fourth-order valence-corrected chi connectivity index (χ4v) is 3.12. The summed E-state index contributed by atoms with van der Waals surface area (Å²) in [5, 5.41) is 0.651. The van der Waals surface area contributed by atoms with Crippen LogP contribution in [0.2, 0.25) is 5.02 Å². The Labute approximate surface area is 159 Å². The van der Waals surface area contributed by atoms with Crippen LogP contribution in [0.15, 0.2) is 36.4 Å². The van der Waals surface area contributed by atoms with Gasteiger partial charge in [0.1, 0.15) is 23.9 Å². The predicted octanol–water partition coefficient (Wildman–Crippen LogP) is 3.74. The van der Waals surface area contributed by atoms with Crippen molar-refractivity contribution in [3.05, 3.63) is 41.4 Å². The van der Waals surface area contributed by atoms with Gasteiger partial charge in [-0.15, -0.1) is 0 Å². The molecule has 0 unspecified atom stereocenters. The Hall–Kier alpha value is -1.95. The zero-order valence-corrected chi connectivity index (χ0v) is 15.9. The molecule has 0 saturated carbocycles. The highest BCUT2D eigenvalue weighted by Gasteiger charge is 2.12. The van der Waals surface area contributed by atoms with Crippen molar-refractivity contribution >= 4 is 11.6 Å². The second kappa shape index (κ2) is 9.12. The molecule has 1 fully saturated rings. The molecule has 0 amide bonds. The number of hydrogen-bond donors (Lipinski definition) is 0. The molecule has 0 bridgehead atoms. The van der Waals surface area contributed by atoms with Crippen LogP contribution in [0.3, 0.4) is 0 Å². The van der Waals surface area contributed by atoms with E-state index in [1.165, 1.54) is 0 Å². The molecule has 1 aliphatic heterocycles. The van der Waals surface area contributed by atoms with E-state index in [0.717, 1.165) is 61.2 Å². The molecule has 0 N–H and O–H groups in total. The second-order valence-electron chi connectivity index (χ2n) is 6.04. The summed E-state index contributed by atoms with van der Waals surface area (Å²) in [5.74, 6) is 2.24. The second-order valence-corrected chi connectivity index (χ2v) is 6.48. The highest BCUT2D eigenvalue weighted by atomic mass is 35.5. The van der Waals surface area contributed by atoms with E-state index < -0.39 is 0 Å². The fourth-order valence-electron chi connectivity index (χ4n) is 2.95. The van der Waals surface area contributed by atoms with Gasteiger partial charge in [0.2, 0.25) is 0 Å². The summed E-state index contributed by atoms with van der Waals surface area (Å²) in [5.41, 5.74) is 1.84. The number of morpholine rings is 1. The molecule has 0 aromatic heterocycles. The van der Waals surface area contributed by atoms with Gasteiger partial charge in [0, 0.05) is 36.3 Å². The summed E-state index contributed by atoms with van der Waals surface area (Å²) in [4.78, 5) is 2.34. The maximum atomic E-state index is 6.17. The summed E-state index contributed by atoms with van der Waals surface area (Å²) in [6.07, 6.45) is 0. The van der Waals surface area contributed by atoms with Crippen LogP contribution in [0.5, 0.6) is 17.2 Å². The largest absolute Gasteiger partial charge is 0.497 e. The van der Waals surface area contributed by atoms with E-state index >= 15 is 0 Å². The lowest BCUT2D eigenvalue weighted by Gasteiger charge is -2.26. The Morgan fingerprint density at radius 2 is 1.77 bits per heavy atom. The first-order valence-corrected chi connectivity index (χ1v) is 9.03. The fraction of sp³-hybridized carbons (Fsp3) is 0.400. The number of ether oxygens (including phenoxy) is 4. The number of rotatable bonds is 7. The molecule has 26 heavy (non-hydrogen) atoms. The molecular weight excluding hydrogens is 354 g/mol. The van der Waals surface area contributed by atoms with Crippen molar-refractivity contribution in [1.82, 2.24) is 4.90 Å². The predicted molar refractivity (Wildman–Crippen MR) is 103 cm³/mol. The van der Waals surface area contributed by atoms with Gasteiger partial charge in [-0.3, -0.25) is 4.90 Å².